The van der Waals surface area contributed by atoms with E-state index < -0.39 is 5.97 Å². The molecule has 0 aromatic heterocycles. The molecule has 0 heterocycles. The third kappa shape index (κ3) is 6.86. The second kappa shape index (κ2) is 8.97. The van der Waals surface area contributed by atoms with Crippen LogP contribution in [0.5, 0.6) is 0 Å². The van der Waals surface area contributed by atoms with Gasteiger partial charge >= 0.3 is 5.97 Å². The molecule has 0 aliphatic rings. The SMILES string of the molecule is CCCOCCC(CCCN)C(=O)O. The van der Waals surface area contributed by atoms with E-state index in [9.17, 15) is 4.79 Å². The van der Waals surface area contributed by atoms with Crippen molar-refractivity contribution in [3.63, 3.8) is 0 Å². The van der Waals surface area contributed by atoms with E-state index in [2.05, 4.69) is 0 Å². The summed E-state index contributed by atoms with van der Waals surface area (Å²) < 4.78 is 5.25. The number of hydrogen-bond acceptors (Lipinski definition) is 3. The minimum absolute atomic E-state index is 0.296. The summed E-state index contributed by atoms with van der Waals surface area (Å²) in [6, 6.07) is 0. The Kier molecular flexibility index (Phi) is 8.57. The molecule has 14 heavy (non-hydrogen) atoms. The number of carboxylic acid groups (broad SMARTS) is 1. The fourth-order valence-corrected chi connectivity index (χ4v) is 1.23. The first-order valence-electron chi connectivity index (χ1n) is 5.23. The molecule has 84 valence electrons. The molecule has 0 radical (unpaired) electrons. The van der Waals surface area contributed by atoms with Crippen molar-refractivity contribution in [2.75, 3.05) is 19.8 Å². The quantitative estimate of drug-likeness (QED) is 0.553. The third-order valence-corrected chi connectivity index (χ3v) is 2.07. The summed E-state index contributed by atoms with van der Waals surface area (Å²) in [5.74, 6) is -1.03. The first-order chi connectivity index (χ1) is 6.72. The Morgan fingerprint density at radius 3 is 2.64 bits per heavy atom. The third-order valence-electron chi connectivity index (χ3n) is 2.07. The second-order valence-electron chi connectivity index (χ2n) is 3.37. The van der Waals surface area contributed by atoms with Gasteiger partial charge in [-0.15, -0.1) is 0 Å². The van der Waals surface area contributed by atoms with Gasteiger partial charge in [-0.2, -0.15) is 0 Å². The molecule has 0 spiro atoms. The van der Waals surface area contributed by atoms with Crippen molar-refractivity contribution in [2.24, 2.45) is 11.7 Å². The van der Waals surface area contributed by atoms with E-state index in [0.717, 1.165) is 12.8 Å². The molecule has 0 aromatic rings. The molecule has 0 bridgehead atoms. The van der Waals surface area contributed by atoms with Gasteiger partial charge in [0.25, 0.3) is 0 Å². The Morgan fingerprint density at radius 1 is 1.43 bits per heavy atom. The largest absolute Gasteiger partial charge is 0.481 e. The van der Waals surface area contributed by atoms with Crippen LogP contribution < -0.4 is 5.73 Å². The number of nitrogens with two attached hydrogens (primary N) is 1. The normalized spacial score (nSPS) is 12.7. The minimum atomic E-state index is -0.737. The van der Waals surface area contributed by atoms with Crippen molar-refractivity contribution in [2.45, 2.75) is 32.6 Å². The zero-order valence-electron chi connectivity index (χ0n) is 8.87. The molecule has 4 heteroatoms. The smallest absolute Gasteiger partial charge is 0.306 e. The highest BCUT2D eigenvalue weighted by Gasteiger charge is 2.15. The number of ether oxygens (including phenoxy) is 1. The number of carboxylic acids is 1. The molecule has 0 amide bonds. The van der Waals surface area contributed by atoms with E-state index in [1.807, 2.05) is 6.92 Å². The summed E-state index contributed by atoms with van der Waals surface area (Å²) in [4.78, 5) is 10.8. The monoisotopic (exact) mass is 203 g/mol. The van der Waals surface area contributed by atoms with Gasteiger partial charge < -0.3 is 15.6 Å². The standard InChI is InChI=1S/C10H21NO3/c1-2-7-14-8-5-9(10(12)13)4-3-6-11/h9H,2-8,11H2,1H3,(H,12,13). The van der Waals surface area contributed by atoms with E-state index in [0.29, 0.717) is 32.6 Å². The topological polar surface area (TPSA) is 72.5 Å². The van der Waals surface area contributed by atoms with Crippen molar-refractivity contribution in [1.29, 1.82) is 0 Å². The summed E-state index contributed by atoms with van der Waals surface area (Å²) in [7, 11) is 0. The molecule has 0 rings (SSSR count). The maximum atomic E-state index is 10.8. The van der Waals surface area contributed by atoms with Crippen LogP contribution in [0.4, 0.5) is 0 Å². The lowest BCUT2D eigenvalue weighted by molar-refractivity contribution is -0.142. The molecular formula is C10H21NO3. The van der Waals surface area contributed by atoms with Crippen molar-refractivity contribution < 1.29 is 14.6 Å². The minimum Gasteiger partial charge on any atom is -0.481 e. The highest BCUT2D eigenvalue weighted by atomic mass is 16.5. The molecule has 4 nitrogen and oxygen atoms in total. The molecule has 3 N–H and O–H groups in total. The lowest BCUT2D eigenvalue weighted by atomic mass is 10.0. The highest BCUT2D eigenvalue weighted by molar-refractivity contribution is 5.69. The van der Waals surface area contributed by atoms with E-state index >= 15 is 0 Å². The first-order valence-corrected chi connectivity index (χ1v) is 5.23. The Morgan fingerprint density at radius 2 is 2.14 bits per heavy atom. The summed E-state index contributed by atoms with van der Waals surface area (Å²) in [5.41, 5.74) is 5.33. The Labute approximate surface area is 85.4 Å². The van der Waals surface area contributed by atoms with Crippen molar-refractivity contribution >= 4 is 5.97 Å². The molecule has 0 aromatic carbocycles. The molecule has 0 saturated carbocycles. The molecule has 0 aliphatic carbocycles. The molecule has 0 saturated heterocycles. The molecule has 1 atom stereocenters. The van der Waals surface area contributed by atoms with Crippen LogP contribution in [-0.2, 0) is 9.53 Å². The fourth-order valence-electron chi connectivity index (χ4n) is 1.23. The van der Waals surface area contributed by atoms with E-state index in [1.54, 1.807) is 0 Å². The van der Waals surface area contributed by atoms with Gasteiger partial charge in [-0.1, -0.05) is 6.92 Å². The maximum Gasteiger partial charge on any atom is 0.306 e. The van der Waals surface area contributed by atoms with Gasteiger partial charge in [-0.05, 0) is 32.2 Å². The van der Waals surface area contributed by atoms with E-state index in [1.165, 1.54) is 0 Å². The van der Waals surface area contributed by atoms with Gasteiger partial charge in [-0.25, -0.2) is 0 Å². The van der Waals surface area contributed by atoms with E-state index in [4.69, 9.17) is 15.6 Å². The lowest BCUT2D eigenvalue weighted by Crippen LogP contribution is -2.17. The van der Waals surface area contributed by atoms with Crippen LogP contribution in [0.1, 0.15) is 32.6 Å². The summed E-state index contributed by atoms with van der Waals surface area (Å²) in [6.07, 6.45) is 2.99. The van der Waals surface area contributed by atoms with Crippen molar-refractivity contribution in [3.8, 4) is 0 Å². The first kappa shape index (κ1) is 13.4. The fraction of sp³-hybridized carbons (Fsp3) is 0.900. The van der Waals surface area contributed by atoms with Gasteiger partial charge in [0, 0.05) is 13.2 Å². The number of rotatable bonds is 9. The molecule has 1 unspecified atom stereocenters. The molecule has 0 aliphatic heterocycles. The van der Waals surface area contributed by atoms with Gasteiger partial charge in [0.15, 0.2) is 0 Å². The number of aliphatic carboxylic acids is 1. The van der Waals surface area contributed by atoms with Crippen LogP contribution in [0, 0.1) is 5.92 Å². The second-order valence-corrected chi connectivity index (χ2v) is 3.37. The molecule has 0 fully saturated rings. The summed E-state index contributed by atoms with van der Waals surface area (Å²) in [6.45, 7) is 3.83. The van der Waals surface area contributed by atoms with Crippen LogP contribution in [0.2, 0.25) is 0 Å². The van der Waals surface area contributed by atoms with Crippen molar-refractivity contribution in [3.05, 3.63) is 0 Å². The lowest BCUT2D eigenvalue weighted by Gasteiger charge is -2.11. The summed E-state index contributed by atoms with van der Waals surface area (Å²) in [5, 5.41) is 8.86. The Bertz CT molecular complexity index is 150. The van der Waals surface area contributed by atoms with E-state index in [-0.39, 0.29) is 5.92 Å². The van der Waals surface area contributed by atoms with Crippen LogP contribution in [-0.4, -0.2) is 30.8 Å². The van der Waals surface area contributed by atoms with Gasteiger partial charge in [0.2, 0.25) is 0 Å². The average molecular weight is 203 g/mol. The zero-order valence-corrected chi connectivity index (χ0v) is 8.87. The Hall–Kier alpha value is -0.610. The number of hydrogen-bond donors (Lipinski definition) is 2. The summed E-state index contributed by atoms with van der Waals surface area (Å²) >= 11 is 0. The van der Waals surface area contributed by atoms with Crippen LogP contribution in [0.25, 0.3) is 0 Å². The predicted molar refractivity (Wildman–Crippen MR) is 55.1 cm³/mol. The van der Waals surface area contributed by atoms with Crippen molar-refractivity contribution in [1.82, 2.24) is 0 Å². The predicted octanol–water partition coefficient (Wildman–Crippen LogP) is 1.24. The zero-order chi connectivity index (χ0) is 10.8. The Balaban J connectivity index is 3.57. The highest BCUT2D eigenvalue weighted by Crippen LogP contribution is 2.11. The average Bonchev–Trinajstić information content (AvgIpc) is 2.16. The van der Waals surface area contributed by atoms with Gasteiger partial charge in [0.1, 0.15) is 0 Å². The van der Waals surface area contributed by atoms with Crippen LogP contribution in [0.3, 0.4) is 0 Å². The van der Waals surface area contributed by atoms with Crippen LogP contribution in [0.15, 0.2) is 0 Å². The van der Waals surface area contributed by atoms with Gasteiger partial charge in [-0.3, -0.25) is 4.79 Å². The van der Waals surface area contributed by atoms with Gasteiger partial charge in [0.05, 0.1) is 5.92 Å². The number of carbonyl (C=O) groups is 1. The maximum absolute atomic E-state index is 10.8. The molecular weight excluding hydrogens is 182 g/mol. The van der Waals surface area contributed by atoms with Crippen LogP contribution >= 0.6 is 0 Å².